The molecular weight excluding hydrogens is 687 g/mol. The highest BCUT2D eigenvalue weighted by Gasteiger charge is 2.41. The normalized spacial score (nSPS) is 13.4. The van der Waals surface area contributed by atoms with E-state index in [0.717, 1.165) is 6.42 Å². The van der Waals surface area contributed by atoms with E-state index in [0.29, 0.717) is 0 Å². The minimum absolute atomic E-state index is 0.231. The van der Waals surface area contributed by atoms with Gasteiger partial charge in [0.05, 0.1) is 11.0 Å². The molecular formula is C56H41N. The van der Waals surface area contributed by atoms with E-state index in [1.54, 1.807) is 0 Å². The van der Waals surface area contributed by atoms with Crippen LogP contribution in [0.2, 0.25) is 0 Å². The van der Waals surface area contributed by atoms with Crippen LogP contribution in [-0.4, -0.2) is 4.57 Å². The molecule has 1 aromatic heterocycles. The Balaban J connectivity index is 1.06. The quantitative estimate of drug-likeness (QED) is 0.150. The SMILES string of the molecule is CC1(C)c2c(c3ccccc3c3ccccc23)-c2ccc3c4ccccc4n(-c4ccc(-c5cccc(/C(=C/Cc6ccccc6)c6ccccc6)c5)cc4)c3c21. The van der Waals surface area contributed by atoms with Crippen LogP contribution in [0.3, 0.4) is 0 Å². The lowest BCUT2D eigenvalue weighted by Crippen LogP contribution is -2.17. The number of hydrogen-bond acceptors (Lipinski definition) is 0. The lowest BCUT2D eigenvalue weighted by atomic mass is 9.78. The second-order valence-corrected chi connectivity index (χ2v) is 16.0. The van der Waals surface area contributed by atoms with Crippen LogP contribution in [-0.2, 0) is 11.8 Å². The van der Waals surface area contributed by atoms with Crippen LogP contribution in [0.1, 0.15) is 41.7 Å². The van der Waals surface area contributed by atoms with Crippen molar-refractivity contribution in [2.45, 2.75) is 25.7 Å². The maximum Gasteiger partial charge on any atom is 0.0588 e. The number of rotatable bonds is 6. The number of aromatic nitrogens is 1. The molecule has 1 heterocycles. The van der Waals surface area contributed by atoms with Gasteiger partial charge in [0, 0.05) is 21.9 Å². The van der Waals surface area contributed by atoms with Crippen molar-refractivity contribution < 1.29 is 0 Å². The summed E-state index contributed by atoms with van der Waals surface area (Å²) in [5, 5.41) is 7.90. The van der Waals surface area contributed by atoms with E-state index in [-0.39, 0.29) is 5.41 Å². The number of para-hydroxylation sites is 1. The lowest BCUT2D eigenvalue weighted by Gasteiger charge is -2.25. The molecule has 1 aliphatic rings. The number of allylic oxidation sites excluding steroid dienone is 1. The summed E-state index contributed by atoms with van der Waals surface area (Å²) >= 11 is 0. The van der Waals surface area contributed by atoms with Crippen molar-refractivity contribution >= 4 is 48.9 Å². The van der Waals surface area contributed by atoms with Crippen LogP contribution in [0.5, 0.6) is 0 Å². The number of fused-ring (bicyclic) bond motifs is 12. The molecule has 0 saturated carbocycles. The van der Waals surface area contributed by atoms with Crippen LogP contribution in [0, 0.1) is 0 Å². The molecule has 0 bridgehead atoms. The molecule has 0 radical (unpaired) electrons. The van der Waals surface area contributed by atoms with Crippen LogP contribution in [0.4, 0.5) is 0 Å². The van der Waals surface area contributed by atoms with E-state index in [1.165, 1.54) is 105 Å². The zero-order valence-electron chi connectivity index (χ0n) is 32.2. The van der Waals surface area contributed by atoms with Crippen molar-refractivity contribution in [2.75, 3.05) is 0 Å². The summed E-state index contributed by atoms with van der Waals surface area (Å²) in [6.07, 6.45) is 3.25. The summed E-state index contributed by atoms with van der Waals surface area (Å²) < 4.78 is 2.53. The Morgan fingerprint density at radius 2 is 1.09 bits per heavy atom. The molecule has 270 valence electrons. The van der Waals surface area contributed by atoms with Gasteiger partial charge in [-0.3, -0.25) is 0 Å². The Bertz CT molecular complexity index is 3200. The van der Waals surface area contributed by atoms with Gasteiger partial charge in [0.25, 0.3) is 0 Å². The summed E-state index contributed by atoms with van der Waals surface area (Å²) in [6.45, 7) is 4.88. The first-order valence-corrected chi connectivity index (χ1v) is 20.1. The number of nitrogens with zero attached hydrogens (tertiary/aromatic N) is 1. The van der Waals surface area contributed by atoms with Crippen LogP contribution < -0.4 is 0 Å². The van der Waals surface area contributed by atoms with Gasteiger partial charge in [0.15, 0.2) is 0 Å². The predicted octanol–water partition coefficient (Wildman–Crippen LogP) is 14.7. The van der Waals surface area contributed by atoms with E-state index >= 15 is 0 Å². The van der Waals surface area contributed by atoms with Crippen molar-refractivity contribution in [3.63, 3.8) is 0 Å². The molecule has 10 aromatic rings. The summed E-state index contributed by atoms with van der Waals surface area (Å²) in [7, 11) is 0. The average molecular weight is 728 g/mol. The van der Waals surface area contributed by atoms with Crippen LogP contribution in [0.25, 0.3) is 76.9 Å². The van der Waals surface area contributed by atoms with Crippen molar-refractivity contribution in [2.24, 2.45) is 0 Å². The summed E-state index contributed by atoms with van der Waals surface area (Å²) in [5.41, 5.74) is 16.4. The van der Waals surface area contributed by atoms with E-state index in [9.17, 15) is 0 Å². The molecule has 0 spiro atoms. The topological polar surface area (TPSA) is 4.93 Å². The van der Waals surface area contributed by atoms with E-state index in [4.69, 9.17) is 0 Å². The van der Waals surface area contributed by atoms with Gasteiger partial charge < -0.3 is 4.57 Å². The second-order valence-electron chi connectivity index (χ2n) is 16.0. The maximum atomic E-state index is 2.53. The molecule has 0 unspecified atom stereocenters. The summed E-state index contributed by atoms with van der Waals surface area (Å²) in [6, 6.07) is 71.4. The Kier molecular flexibility index (Phi) is 7.66. The molecule has 0 atom stereocenters. The van der Waals surface area contributed by atoms with Gasteiger partial charge in [-0.2, -0.15) is 0 Å². The Hall–Kier alpha value is -6.96. The van der Waals surface area contributed by atoms with Crippen molar-refractivity contribution in [1.29, 1.82) is 0 Å². The fourth-order valence-electron chi connectivity index (χ4n) is 9.89. The van der Waals surface area contributed by atoms with Crippen molar-refractivity contribution in [1.82, 2.24) is 4.57 Å². The first-order chi connectivity index (χ1) is 28.1. The standard InChI is InChI=1S/C56H41N/c1-56(2)53-48-26-12-10-23-45(48)44-22-9-11-25-47(44)52(53)50-35-34-49-46-24-13-14-27-51(46)57(55(49)54(50)56)42-31-29-38(30-32-42)40-20-15-21-41(36-40)43(39-18-7-4-8-19-39)33-28-37-16-5-3-6-17-37/h3-27,29-36H,28H2,1-2H3/b43-33+. The first-order valence-electron chi connectivity index (χ1n) is 20.1. The minimum atomic E-state index is -0.231. The fourth-order valence-corrected chi connectivity index (χ4v) is 9.89. The lowest BCUT2D eigenvalue weighted by molar-refractivity contribution is 0.670. The molecule has 11 rings (SSSR count). The highest BCUT2D eigenvalue weighted by Crippen LogP contribution is 2.57. The smallest absolute Gasteiger partial charge is 0.0588 e. The van der Waals surface area contributed by atoms with Crippen molar-refractivity contribution in [3.05, 3.63) is 228 Å². The predicted molar refractivity (Wildman–Crippen MR) is 242 cm³/mol. The zero-order valence-corrected chi connectivity index (χ0v) is 32.2. The van der Waals surface area contributed by atoms with Gasteiger partial charge in [-0.05, 0) is 108 Å². The molecule has 9 aromatic carbocycles. The number of hydrogen-bond donors (Lipinski definition) is 0. The monoisotopic (exact) mass is 727 g/mol. The fraction of sp³-hybridized carbons (Fsp3) is 0.0714. The zero-order chi connectivity index (χ0) is 38.1. The molecule has 57 heavy (non-hydrogen) atoms. The van der Waals surface area contributed by atoms with Gasteiger partial charge >= 0.3 is 0 Å². The third-order valence-corrected chi connectivity index (χ3v) is 12.4. The van der Waals surface area contributed by atoms with Gasteiger partial charge in [-0.1, -0.05) is 190 Å². The maximum absolute atomic E-state index is 2.53. The van der Waals surface area contributed by atoms with Gasteiger partial charge in [0.1, 0.15) is 0 Å². The molecule has 1 nitrogen and oxygen atoms in total. The molecule has 0 aliphatic heterocycles. The summed E-state index contributed by atoms with van der Waals surface area (Å²) in [4.78, 5) is 0. The van der Waals surface area contributed by atoms with Crippen LogP contribution >= 0.6 is 0 Å². The molecule has 0 fully saturated rings. The molecule has 0 amide bonds. The highest BCUT2D eigenvalue weighted by molar-refractivity contribution is 6.21. The minimum Gasteiger partial charge on any atom is -0.309 e. The Morgan fingerprint density at radius 1 is 0.474 bits per heavy atom. The summed E-state index contributed by atoms with van der Waals surface area (Å²) in [5.74, 6) is 0. The second kappa shape index (κ2) is 13.1. The van der Waals surface area contributed by atoms with Crippen LogP contribution in [0.15, 0.2) is 200 Å². The average Bonchev–Trinajstić information content (AvgIpc) is 3.73. The third kappa shape index (κ3) is 5.23. The van der Waals surface area contributed by atoms with Gasteiger partial charge in [-0.25, -0.2) is 0 Å². The Morgan fingerprint density at radius 3 is 1.84 bits per heavy atom. The van der Waals surface area contributed by atoms with E-state index in [1.807, 2.05) is 0 Å². The largest absolute Gasteiger partial charge is 0.309 e. The van der Waals surface area contributed by atoms with Crippen molar-refractivity contribution in [3.8, 4) is 27.9 Å². The number of benzene rings is 9. The highest BCUT2D eigenvalue weighted by atomic mass is 15.0. The molecule has 1 aliphatic carbocycles. The molecule has 0 N–H and O–H groups in total. The molecule has 1 heteroatoms. The molecule has 0 saturated heterocycles. The Labute approximate surface area is 333 Å². The van der Waals surface area contributed by atoms with Gasteiger partial charge in [-0.15, -0.1) is 0 Å². The first kappa shape index (κ1) is 33.4. The van der Waals surface area contributed by atoms with E-state index < -0.39 is 0 Å². The van der Waals surface area contributed by atoms with Gasteiger partial charge in [0.2, 0.25) is 0 Å². The third-order valence-electron chi connectivity index (χ3n) is 12.4. The van der Waals surface area contributed by atoms with E-state index in [2.05, 4.69) is 219 Å².